The third-order valence-corrected chi connectivity index (χ3v) is 5.63. The Morgan fingerprint density at radius 3 is 2.95 bits per heavy atom. The zero-order chi connectivity index (χ0) is 14.2. The maximum Gasteiger partial charge on any atom is 0.0738 e. The van der Waals surface area contributed by atoms with E-state index in [9.17, 15) is 0 Å². The van der Waals surface area contributed by atoms with Crippen LogP contribution in [0.2, 0.25) is 5.02 Å². The lowest BCUT2D eigenvalue weighted by atomic mass is 9.91. The molecule has 3 heteroatoms. The van der Waals surface area contributed by atoms with Crippen molar-refractivity contribution in [2.45, 2.75) is 29.5 Å². The molecule has 1 unspecified atom stereocenters. The van der Waals surface area contributed by atoms with E-state index in [1.165, 1.54) is 40.8 Å². The monoisotopic (exact) mass is 313 g/mol. The Morgan fingerprint density at radius 2 is 2.00 bits per heavy atom. The van der Waals surface area contributed by atoms with Gasteiger partial charge in [-0.15, -0.1) is 11.8 Å². The molecule has 0 fully saturated rings. The number of H-pyrrole nitrogens is 1. The minimum atomic E-state index is 0.554. The van der Waals surface area contributed by atoms with Crippen LogP contribution >= 0.6 is 23.4 Å². The number of halogens is 1. The Morgan fingerprint density at radius 1 is 1.10 bits per heavy atom. The van der Waals surface area contributed by atoms with Crippen LogP contribution in [0.15, 0.2) is 53.6 Å². The van der Waals surface area contributed by atoms with Gasteiger partial charge in [0.2, 0.25) is 0 Å². The molecule has 1 aliphatic carbocycles. The summed E-state index contributed by atoms with van der Waals surface area (Å²) in [5.41, 5.74) is 4.14. The number of aromatic amines is 1. The van der Waals surface area contributed by atoms with Gasteiger partial charge in [0.15, 0.2) is 0 Å². The minimum Gasteiger partial charge on any atom is -0.350 e. The fourth-order valence-electron chi connectivity index (χ4n) is 3.12. The SMILES string of the molecule is Clc1ccc2cc(SC3CCCc4ccccc43)[nH]c2c1. The first kappa shape index (κ1) is 13.3. The van der Waals surface area contributed by atoms with Gasteiger partial charge in [-0.2, -0.15) is 0 Å². The van der Waals surface area contributed by atoms with Crippen molar-refractivity contribution in [1.29, 1.82) is 0 Å². The molecule has 1 atom stereocenters. The second-order valence-electron chi connectivity index (χ2n) is 5.56. The zero-order valence-electron chi connectivity index (χ0n) is 11.6. The highest BCUT2D eigenvalue weighted by atomic mass is 35.5. The first-order valence-electron chi connectivity index (χ1n) is 7.32. The molecule has 0 spiro atoms. The number of nitrogens with one attached hydrogen (secondary N) is 1. The highest BCUT2D eigenvalue weighted by Gasteiger charge is 2.21. The van der Waals surface area contributed by atoms with Gasteiger partial charge >= 0.3 is 0 Å². The quantitative estimate of drug-likeness (QED) is 0.614. The number of thioether (sulfide) groups is 1. The topological polar surface area (TPSA) is 15.8 Å². The minimum absolute atomic E-state index is 0.554. The lowest BCUT2D eigenvalue weighted by molar-refractivity contribution is 0.673. The van der Waals surface area contributed by atoms with E-state index >= 15 is 0 Å². The highest BCUT2D eigenvalue weighted by Crippen LogP contribution is 2.43. The first-order chi connectivity index (χ1) is 10.3. The van der Waals surface area contributed by atoms with Crippen molar-refractivity contribution < 1.29 is 0 Å². The van der Waals surface area contributed by atoms with Gasteiger partial charge in [-0.1, -0.05) is 41.9 Å². The summed E-state index contributed by atoms with van der Waals surface area (Å²) in [6.45, 7) is 0. The van der Waals surface area contributed by atoms with Gasteiger partial charge in [-0.25, -0.2) is 0 Å². The highest BCUT2D eigenvalue weighted by molar-refractivity contribution is 7.99. The van der Waals surface area contributed by atoms with Crippen LogP contribution in [0.25, 0.3) is 10.9 Å². The normalized spacial score (nSPS) is 17.9. The summed E-state index contributed by atoms with van der Waals surface area (Å²) in [5, 5.41) is 3.79. The summed E-state index contributed by atoms with van der Waals surface area (Å²) >= 11 is 8.00. The van der Waals surface area contributed by atoms with Crippen LogP contribution in [0.4, 0.5) is 0 Å². The van der Waals surface area contributed by atoms with Crippen molar-refractivity contribution in [2.75, 3.05) is 0 Å². The third kappa shape index (κ3) is 2.58. The zero-order valence-corrected chi connectivity index (χ0v) is 13.2. The van der Waals surface area contributed by atoms with E-state index in [0.29, 0.717) is 5.25 Å². The van der Waals surface area contributed by atoms with E-state index in [2.05, 4.69) is 41.4 Å². The molecule has 1 aromatic heterocycles. The fraction of sp³-hybridized carbons (Fsp3) is 0.222. The molecule has 1 N–H and O–H groups in total. The second-order valence-corrected chi connectivity index (χ2v) is 7.24. The molecule has 0 saturated carbocycles. The van der Waals surface area contributed by atoms with E-state index in [1.54, 1.807) is 0 Å². The number of aromatic nitrogens is 1. The largest absolute Gasteiger partial charge is 0.350 e. The molecular formula is C18H16ClNS. The van der Waals surface area contributed by atoms with Crippen molar-refractivity contribution in [3.63, 3.8) is 0 Å². The van der Waals surface area contributed by atoms with Crippen molar-refractivity contribution in [2.24, 2.45) is 0 Å². The Balaban J connectivity index is 1.66. The van der Waals surface area contributed by atoms with Gasteiger partial charge in [-0.3, -0.25) is 0 Å². The molecule has 4 rings (SSSR count). The van der Waals surface area contributed by atoms with E-state index in [4.69, 9.17) is 11.6 Å². The summed E-state index contributed by atoms with van der Waals surface area (Å²) in [6, 6.07) is 17.1. The van der Waals surface area contributed by atoms with Gasteiger partial charge in [0.25, 0.3) is 0 Å². The molecule has 1 nitrogen and oxygen atoms in total. The number of aryl methyl sites for hydroxylation is 1. The van der Waals surface area contributed by atoms with Gasteiger partial charge in [0.05, 0.1) is 5.03 Å². The van der Waals surface area contributed by atoms with E-state index < -0.39 is 0 Å². The van der Waals surface area contributed by atoms with Gasteiger partial charge in [-0.05, 0) is 48.6 Å². The predicted molar refractivity (Wildman–Crippen MR) is 91.3 cm³/mol. The molecule has 0 amide bonds. The van der Waals surface area contributed by atoms with E-state index in [0.717, 1.165) is 10.5 Å². The average molecular weight is 314 g/mol. The molecular weight excluding hydrogens is 298 g/mol. The van der Waals surface area contributed by atoms with Crippen LogP contribution in [-0.2, 0) is 6.42 Å². The summed E-state index contributed by atoms with van der Waals surface area (Å²) in [6.07, 6.45) is 3.74. The maximum absolute atomic E-state index is 6.06. The first-order valence-corrected chi connectivity index (χ1v) is 8.58. The molecule has 0 aliphatic heterocycles. The lowest BCUT2D eigenvalue weighted by Gasteiger charge is -2.24. The molecule has 3 aromatic rings. The Hall–Kier alpha value is -1.38. The number of hydrogen-bond acceptors (Lipinski definition) is 1. The molecule has 21 heavy (non-hydrogen) atoms. The van der Waals surface area contributed by atoms with Crippen molar-refractivity contribution >= 4 is 34.3 Å². The Kier molecular flexibility index (Phi) is 3.44. The number of fused-ring (bicyclic) bond motifs is 2. The Labute approximate surface area is 133 Å². The second kappa shape index (κ2) is 5.43. The summed E-state index contributed by atoms with van der Waals surface area (Å²) in [7, 11) is 0. The van der Waals surface area contributed by atoms with Crippen LogP contribution < -0.4 is 0 Å². The maximum atomic E-state index is 6.06. The number of hydrogen-bond donors (Lipinski definition) is 1. The van der Waals surface area contributed by atoms with E-state index in [-0.39, 0.29) is 0 Å². The predicted octanol–water partition coefficient (Wildman–Crippen LogP) is 5.99. The van der Waals surface area contributed by atoms with Crippen molar-refractivity contribution in [3.05, 3.63) is 64.7 Å². The molecule has 1 heterocycles. The third-order valence-electron chi connectivity index (χ3n) is 4.14. The number of benzene rings is 2. The fourth-order valence-corrected chi connectivity index (χ4v) is 4.61. The summed E-state index contributed by atoms with van der Waals surface area (Å²) in [5.74, 6) is 0. The molecule has 0 saturated heterocycles. The molecule has 106 valence electrons. The van der Waals surface area contributed by atoms with Gasteiger partial charge in [0.1, 0.15) is 0 Å². The molecule has 2 aromatic carbocycles. The standard InChI is InChI=1S/C18H16ClNS/c19-14-9-8-13-10-18(20-16(13)11-14)21-17-7-3-5-12-4-1-2-6-15(12)17/h1-2,4,6,8-11,17,20H,3,5,7H2. The average Bonchev–Trinajstić information content (AvgIpc) is 2.89. The van der Waals surface area contributed by atoms with Crippen LogP contribution in [-0.4, -0.2) is 4.98 Å². The summed E-state index contributed by atoms with van der Waals surface area (Å²) < 4.78 is 0. The smallest absolute Gasteiger partial charge is 0.0738 e. The van der Waals surface area contributed by atoms with Gasteiger partial charge in [0, 0.05) is 21.2 Å². The van der Waals surface area contributed by atoms with Gasteiger partial charge < -0.3 is 4.98 Å². The Bertz CT molecular complexity index is 793. The van der Waals surface area contributed by atoms with E-state index in [1.807, 2.05) is 23.9 Å². The van der Waals surface area contributed by atoms with Crippen LogP contribution in [0, 0.1) is 0 Å². The van der Waals surface area contributed by atoms with Crippen LogP contribution in [0.5, 0.6) is 0 Å². The van der Waals surface area contributed by atoms with Crippen molar-refractivity contribution in [3.8, 4) is 0 Å². The van der Waals surface area contributed by atoms with Crippen LogP contribution in [0.1, 0.15) is 29.2 Å². The lowest BCUT2D eigenvalue weighted by Crippen LogP contribution is -2.06. The van der Waals surface area contributed by atoms with Crippen LogP contribution in [0.3, 0.4) is 0 Å². The molecule has 0 radical (unpaired) electrons. The molecule has 1 aliphatic rings. The number of rotatable bonds is 2. The van der Waals surface area contributed by atoms with Crippen molar-refractivity contribution in [1.82, 2.24) is 4.98 Å². The summed E-state index contributed by atoms with van der Waals surface area (Å²) in [4.78, 5) is 3.49. The molecule has 0 bridgehead atoms.